The predicted molar refractivity (Wildman–Crippen MR) is 58.0 cm³/mol. The molecule has 0 atom stereocenters. The van der Waals surface area contributed by atoms with Crippen LogP contribution in [0.25, 0.3) is 0 Å². The second-order valence-electron chi connectivity index (χ2n) is 2.90. The van der Waals surface area contributed by atoms with E-state index in [4.69, 9.17) is 16.3 Å². The van der Waals surface area contributed by atoms with Crippen LogP contribution in [0.2, 0.25) is 0 Å². The van der Waals surface area contributed by atoms with Gasteiger partial charge in [0.05, 0.1) is 6.61 Å². The van der Waals surface area contributed by atoms with Crippen LogP contribution in [0.1, 0.15) is 19.8 Å². The van der Waals surface area contributed by atoms with Crippen molar-refractivity contribution in [3.05, 3.63) is 0 Å². The second kappa shape index (κ2) is 9.73. The van der Waals surface area contributed by atoms with Gasteiger partial charge in [-0.2, -0.15) is 0 Å². The molecule has 15 heavy (non-hydrogen) atoms. The van der Waals surface area contributed by atoms with Crippen LogP contribution < -0.4 is 10.6 Å². The van der Waals surface area contributed by atoms with Crippen LogP contribution in [0.15, 0.2) is 0 Å². The van der Waals surface area contributed by atoms with Crippen molar-refractivity contribution in [2.45, 2.75) is 19.8 Å². The molecule has 5 nitrogen and oxygen atoms in total. The van der Waals surface area contributed by atoms with Gasteiger partial charge in [0.15, 0.2) is 0 Å². The second-order valence-corrected chi connectivity index (χ2v) is 3.17. The Morgan fingerprint density at radius 1 is 1.33 bits per heavy atom. The SMILES string of the molecule is CCCCOCCNC(=O)NC(=O)CCl. The molecule has 0 rings (SSSR count). The molecule has 2 N–H and O–H groups in total. The molecular weight excluding hydrogens is 220 g/mol. The van der Waals surface area contributed by atoms with Crippen molar-refractivity contribution in [1.82, 2.24) is 10.6 Å². The van der Waals surface area contributed by atoms with E-state index in [2.05, 4.69) is 17.6 Å². The number of amides is 3. The highest BCUT2D eigenvalue weighted by atomic mass is 35.5. The summed E-state index contributed by atoms with van der Waals surface area (Å²) in [5.41, 5.74) is 0. The Kier molecular flexibility index (Phi) is 9.21. The number of hydrogen-bond acceptors (Lipinski definition) is 3. The quantitative estimate of drug-likeness (QED) is 0.509. The highest BCUT2D eigenvalue weighted by Crippen LogP contribution is 1.86. The molecule has 0 saturated carbocycles. The lowest BCUT2D eigenvalue weighted by Gasteiger charge is -2.06. The predicted octanol–water partition coefficient (Wildman–Crippen LogP) is 0.868. The molecular formula is C9H17ClN2O3. The summed E-state index contributed by atoms with van der Waals surface area (Å²) in [6.45, 7) is 3.60. The molecule has 0 fully saturated rings. The lowest BCUT2D eigenvalue weighted by Crippen LogP contribution is -2.41. The Bertz CT molecular complexity index is 200. The number of alkyl halides is 1. The molecule has 0 aliphatic rings. The number of imide groups is 1. The molecule has 0 aliphatic heterocycles. The number of carbonyl (C=O) groups excluding carboxylic acids is 2. The smallest absolute Gasteiger partial charge is 0.321 e. The lowest BCUT2D eigenvalue weighted by atomic mass is 10.4. The fourth-order valence-corrected chi connectivity index (χ4v) is 0.856. The first-order valence-corrected chi connectivity index (χ1v) is 5.45. The summed E-state index contributed by atoms with van der Waals surface area (Å²) >= 11 is 5.20. The molecule has 0 aromatic heterocycles. The summed E-state index contributed by atoms with van der Waals surface area (Å²) in [6, 6.07) is -0.542. The number of carbonyl (C=O) groups is 2. The number of unbranched alkanes of at least 4 members (excludes halogenated alkanes) is 1. The molecule has 6 heteroatoms. The van der Waals surface area contributed by atoms with Gasteiger partial charge in [-0.25, -0.2) is 4.79 Å². The summed E-state index contributed by atoms with van der Waals surface area (Å²) < 4.78 is 5.20. The number of nitrogens with one attached hydrogen (secondary N) is 2. The molecule has 0 aromatic rings. The standard InChI is InChI=1S/C9H17ClN2O3/c1-2-3-5-15-6-4-11-9(14)12-8(13)7-10/h2-7H2,1H3,(H2,11,12,13,14). The van der Waals surface area contributed by atoms with Gasteiger partial charge in [-0.1, -0.05) is 13.3 Å². The third kappa shape index (κ3) is 9.49. The Hall–Kier alpha value is -0.810. The van der Waals surface area contributed by atoms with E-state index in [1.807, 2.05) is 0 Å². The highest BCUT2D eigenvalue weighted by Gasteiger charge is 2.04. The summed E-state index contributed by atoms with van der Waals surface area (Å²) in [5, 5.41) is 4.53. The molecule has 0 aromatic carbocycles. The summed E-state index contributed by atoms with van der Waals surface area (Å²) in [4.78, 5) is 21.6. The molecule has 3 amide bonds. The maximum atomic E-state index is 10.9. The number of ether oxygens (including phenoxy) is 1. The zero-order valence-electron chi connectivity index (χ0n) is 8.85. The number of halogens is 1. The Balaban J connectivity index is 3.28. The lowest BCUT2D eigenvalue weighted by molar-refractivity contribution is -0.117. The van der Waals surface area contributed by atoms with Crippen LogP contribution in [-0.2, 0) is 9.53 Å². The van der Waals surface area contributed by atoms with Gasteiger partial charge in [0.1, 0.15) is 5.88 Å². The summed E-state index contributed by atoms with van der Waals surface area (Å²) in [5.74, 6) is -0.735. The van der Waals surface area contributed by atoms with Crippen LogP contribution in [0.3, 0.4) is 0 Å². The largest absolute Gasteiger partial charge is 0.380 e. The molecule has 0 radical (unpaired) electrons. The number of rotatable bonds is 7. The minimum absolute atomic E-state index is 0.222. The van der Waals surface area contributed by atoms with E-state index >= 15 is 0 Å². The molecule has 0 saturated heterocycles. The van der Waals surface area contributed by atoms with Gasteiger partial charge < -0.3 is 10.1 Å². The Morgan fingerprint density at radius 3 is 2.67 bits per heavy atom. The monoisotopic (exact) mass is 236 g/mol. The minimum Gasteiger partial charge on any atom is -0.380 e. The maximum Gasteiger partial charge on any atom is 0.321 e. The number of urea groups is 1. The third-order valence-corrected chi connectivity index (χ3v) is 1.79. The van der Waals surface area contributed by atoms with E-state index in [-0.39, 0.29) is 5.88 Å². The van der Waals surface area contributed by atoms with Gasteiger partial charge in [0, 0.05) is 13.2 Å². The highest BCUT2D eigenvalue weighted by molar-refractivity contribution is 6.28. The minimum atomic E-state index is -0.542. The summed E-state index contributed by atoms with van der Waals surface area (Å²) in [6.07, 6.45) is 2.09. The molecule has 0 spiro atoms. The molecule has 0 heterocycles. The van der Waals surface area contributed by atoms with Crippen molar-refractivity contribution in [2.24, 2.45) is 0 Å². The van der Waals surface area contributed by atoms with Crippen molar-refractivity contribution < 1.29 is 14.3 Å². The van der Waals surface area contributed by atoms with Crippen LogP contribution in [0.4, 0.5) is 4.79 Å². The van der Waals surface area contributed by atoms with Crippen LogP contribution >= 0.6 is 11.6 Å². The average Bonchev–Trinajstić information content (AvgIpc) is 2.23. The van der Waals surface area contributed by atoms with Crippen molar-refractivity contribution in [1.29, 1.82) is 0 Å². The van der Waals surface area contributed by atoms with E-state index in [1.165, 1.54) is 0 Å². The van der Waals surface area contributed by atoms with Gasteiger partial charge in [0.2, 0.25) is 5.91 Å². The van der Waals surface area contributed by atoms with Crippen molar-refractivity contribution in [3.8, 4) is 0 Å². The maximum absolute atomic E-state index is 10.9. The van der Waals surface area contributed by atoms with Crippen LogP contribution in [0.5, 0.6) is 0 Å². The topological polar surface area (TPSA) is 67.4 Å². The summed E-state index contributed by atoms with van der Waals surface area (Å²) in [7, 11) is 0. The Labute approximate surface area is 94.5 Å². The van der Waals surface area contributed by atoms with E-state index in [1.54, 1.807) is 0 Å². The first kappa shape index (κ1) is 14.2. The number of hydrogen-bond donors (Lipinski definition) is 2. The van der Waals surface area contributed by atoms with Crippen LogP contribution in [-0.4, -0.2) is 37.6 Å². The van der Waals surface area contributed by atoms with Crippen molar-refractivity contribution >= 4 is 23.5 Å². The van der Waals surface area contributed by atoms with E-state index in [0.717, 1.165) is 12.8 Å². The van der Waals surface area contributed by atoms with Gasteiger partial charge in [-0.3, -0.25) is 10.1 Å². The zero-order chi connectivity index (χ0) is 11.5. The fourth-order valence-electron chi connectivity index (χ4n) is 0.789. The zero-order valence-corrected chi connectivity index (χ0v) is 9.60. The Morgan fingerprint density at radius 2 is 2.07 bits per heavy atom. The molecule has 0 aliphatic carbocycles. The van der Waals surface area contributed by atoms with Gasteiger partial charge >= 0.3 is 6.03 Å². The van der Waals surface area contributed by atoms with Gasteiger partial charge in [-0.05, 0) is 6.42 Å². The first-order chi connectivity index (χ1) is 7.20. The van der Waals surface area contributed by atoms with E-state index in [9.17, 15) is 9.59 Å². The third-order valence-electron chi connectivity index (χ3n) is 1.55. The average molecular weight is 237 g/mol. The molecule has 0 bridgehead atoms. The fraction of sp³-hybridized carbons (Fsp3) is 0.778. The van der Waals surface area contributed by atoms with Crippen LogP contribution in [0, 0.1) is 0 Å². The van der Waals surface area contributed by atoms with Crippen molar-refractivity contribution in [2.75, 3.05) is 25.6 Å². The molecule has 0 unspecified atom stereocenters. The van der Waals surface area contributed by atoms with Gasteiger partial charge in [-0.15, -0.1) is 11.6 Å². The van der Waals surface area contributed by atoms with E-state index in [0.29, 0.717) is 19.8 Å². The van der Waals surface area contributed by atoms with Crippen molar-refractivity contribution in [3.63, 3.8) is 0 Å². The normalized spacial score (nSPS) is 9.73. The van der Waals surface area contributed by atoms with E-state index < -0.39 is 11.9 Å². The van der Waals surface area contributed by atoms with Gasteiger partial charge in [0.25, 0.3) is 0 Å². The first-order valence-electron chi connectivity index (χ1n) is 4.92. The molecule has 88 valence electrons.